The third-order valence-corrected chi connectivity index (χ3v) is 3.79. The van der Waals surface area contributed by atoms with Crippen LogP contribution in [0.25, 0.3) is 0 Å². The van der Waals surface area contributed by atoms with E-state index >= 15 is 0 Å². The Morgan fingerprint density at radius 2 is 2.18 bits per heavy atom. The molecule has 3 nitrogen and oxygen atoms in total. The Hall–Kier alpha value is -0.120. The summed E-state index contributed by atoms with van der Waals surface area (Å²) in [7, 11) is 2.23. The van der Waals surface area contributed by atoms with Crippen LogP contribution < -0.4 is 5.32 Å². The molecule has 2 atom stereocenters. The predicted molar refractivity (Wildman–Crippen MR) is 73.4 cm³/mol. The zero-order valence-electron chi connectivity index (χ0n) is 12.0. The van der Waals surface area contributed by atoms with Gasteiger partial charge in [-0.1, -0.05) is 20.8 Å². The van der Waals surface area contributed by atoms with Gasteiger partial charge < -0.3 is 15.0 Å². The van der Waals surface area contributed by atoms with E-state index in [-0.39, 0.29) is 0 Å². The van der Waals surface area contributed by atoms with Crippen LogP contribution in [-0.4, -0.2) is 50.3 Å². The fourth-order valence-corrected chi connectivity index (χ4v) is 2.47. The Kier molecular flexibility index (Phi) is 7.09. The lowest BCUT2D eigenvalue weighted by atomic mass is 10.1. The molecule has 2 unspecified atom stereocenters. The maximum absolute atomic E-state index is 6.03. The highest BCUT2D eigenvalue weighted by atomic mass is 16.5. The highest BCUT2D eigenvalue weighted by Gasteiger charge is 2.21. The van der Waals surface area contributed by atoms with Crippen molar-refractivity contribution in [1.29, 1.82) is 0 Å². The lowest BCUT2D eigenvalue weighted by Gasteiger charge is -2.24. The Balaban J connectivity index is 2.17. The molecule has 0 saturated carbocycles. The van der Waals surface area contributed by atoms with Crippen molar-refractivity contribution >= 4 is 0 Å². The van der Waals surface area contributed by atoms with Crippen LogP contribution in [0.5, 0.6) is 0 Å². The molecule has 1 heterocycles. The minimum absolute atomic E-state index is 0.363. The van der Waals surface area contributed by atoms with Gasteiger partial charge in [0.05, 0.1) is 6.10 Å². The quantitative estimate of drug-likeness (QED) is 0.705. The Morgan fingerprint density at radius 1 is 1.41 bits per heavy atom. The molecule has 1 rings (SSSR count). The van der Waals surface area contributed by atoms with Crippen molar-refractivity contribution in [1.82, 2.24) is 10.2 Å². The molecule has 0 aliphatic carbocycles. The number of hydrogen-bond acceptors (Lipinski definition) is 3. The van der Waals surface area contributed by atoms with Crippen molar-refractivity contribution in [3.05, 3.63) is 0 Å². The Morgan fingerprint density at radius 3 is 2.71 bits per heavy atom. The largest absolute Gasteiger partial charge is 0.377 e. The summed E-state index contributed by atoms with van der Waals surface area (Å²) >= 11 is 0. The van der Waals surface area contributed by atoms with Gasteiger partial charge in [0.15, 0.2) is 0 Å². The molecule has 0 aromatic carbocycles. The third kappa shape index (κ3) is 5.36. The maximum atomic E-state index is 6.03. The van der Waals surface area contributed by atoms with E-state index < -0.39 is 0 Å². The van der Waals surface area contributed by atoms with Crippen LogP contribution in [0.15, 0.2) is 0 Å². The van der Waals surface area contributed by atoms with Crippen LogP contribution in [0.2, 0.25) is 0 Å². The van der Waals surface area contributed by atoms with Crippen molar-refractivity contribution in [3.8, 4) is 0 Å². The summed E-state index contributed by atoms with van der Waals surface area (Å²) in [5.74, 6) is 0.593. The first-order valence-electron chi connectivity index (χ1n) is 7.17. The molecule has 17 heavy (non-hydrogen) atoms. The minimum atomic E-state index is 0.363. The second kappa shape index (κ2) is 8.06. The number of ether oxygens (including phenoxy) is 1. The number of nitrogens with zero attached hydrogens (tertiary/aromatic N) is 1. The standard InChI is InChI=1S/C14H30N2O/c1-5-15-11-14(12(2)3)17-10-8-13-7-6-9-16(13)4/h12-15H,5-11H2,1-4H3. The van der Waals surface area contributed by atoms with Gasteiger partial charge >= 0.3 is 0 Å². The lowest BCUT2D eigenvalue weighted by Crippen LogP contribution is -2.34. The zero-order chi connectivity index (χ0) is 12.7. The Bertz CT molecular complexity index is 197. The second-order valence-corrected chi connectivity index (χ2v) is 5.53. The highest BCUT2D eigenvalue weighted by Crippen LogP contribution is 2.18. The molecule has 0 aromatic heterocycles. The summed E-state index contributed by atoms with van der Waals surface area (Å²) in [5.41, 5.74) is 0. The number of hydrogen-bond donors (Lipinski definition) is 1. The smallest absolute Gasteiger partial charge is 0.0722 e. The molecule has 1 aliphatic heterocycles. The van der Waals surface area contributed by atoms with E-state index in [9.17, 15) is 0 Å². The Labute approximate surface area is 107 Å². The summed E-state index contributed by atoms with van der Waals surface area (Å²) in [6.07, 6.45) is 4.25. The van der Waals surface area contributed by atoms with Gasteiger partial charge in [-0.3, -0.25) is 0 Å². The predicted octanol–water partition coefficient (Wildman–Crippen LogP) is 2.12. The molecule has 3 heteroatoms. The van der Waals surface area contributed by atoms with Crippen molar-refractivity contribution in [2.75, 3.05) is 33.3 Å². The summed E-state index contributed by atoms with van der Waals surface area (Å²) in [6, 6.07) is 0.752. The van der Waals surface area contributed by atoms with Crippen LogP contribution >= 0.6 is 0 Å². The van der Waals surface area contributed by atoms with Crippen LogP contribution in [0.4, 0.5) is 0 Å². The van der Waals surface area contributed by atoms with Crippen LogP contribution in [-0.2, 0) is 4.74 Å². The van der Waals surface area contributed by atoms with Crippen molar-refractivity contribution in [2.45, 2.75) is 52.2 Å². The molecule has 1 aliphatic rings. The van der Waals surface area contributed by atoms with Crippen LogP contribution in [0, 0.1) is 5.92 Å². The molecule has 1 fully saturated rings. The molecule has 1 saturated heterocycles. The first kappa shape index (κ1) is 14.9. The molecular formula is C14H30N2O. The summed E-state index contributed by atoms with van der Waals surface area (Å²) in [6.45, 7) is 10.8. The van der Waals surface area contributed by atoms with E-state index in [1.165, 1.54) is 25.8 Å². The summed E-state index contributed by atoms with van der Waals surface area (Å²) in [4.78, 5) is 2.47. The zero-order valence-corrected chi connectivity index (χ0v) is 12.0. The van der Waals surface area contributed by atoms with Crippen molar-refractivity contribution < 1.29 is 4.74 Å². The molecule has 1 N–H and O–H groups in total. The van der Waals surface area contributed by atoms with Gasteiger partial charge in [0, 0.05) is 19.2 Å². The number of likely N-dealkylation sites (tertiary alicyclic amines) is 1. The minimum Gasteiger partial charge on any atom is -0.377 e. The van der Waals surface area contributed by atoms with Crippen LogP contribution in [0.3, 0.4) is 0 Å². The number of likely N-dealkylation sites (N-methyl/N-ethyl adjacent to an activating group) is 1. The first-order chi connectivity index (χ1) is 8.15. The SMILES string of the molecule is CCNCC(OCCC1CCCN1C)C(C)C. The molecule has 0 bridgehead atoms. The fraction of sp³-hybridized carbons (Fsp3) is 1.00. The first-order valence-corrected chi connectivity index (χ1v) is 7.17. The molecule has 0 spiro atoms. The van der Waals surface area contributed by atoms with Gasteiger partial charge in [-0.15, -0.1) is 0 Å². The van der Waals surface area contributed by atoms with Gasteiger partial charge in [-0.25, -0.2) is 0 Å². The van der Waals surface area contributed by atoms with Crippen molar-refractivity contribution in [2.24, 2.45) is 5.92 Å². The van der Waals surface area contributed by atoms with E-state index in [4.69, 9.17) is 4.74 Å². The third-order valence-electron chi connectivity index (χ3n) is 3.79. The average Bonchev–Trinajstić information content (AvgIpc) is 2.69. The number of nitrogens with one attached hydrogen (secondary N) is 1. The van der Waals surface area contributed by atoms with Gasteiger partial charge in [0.1, 0.15) is 0 Å². The van der Waals surface area contributed by atoms with Gasteiger partial charge in [-0.05, 0) is 45.3 Å². The molecule has 0 aromatic rings. The van der Waals surface area contributed by atoms with Gasteiger partial charge in [-0.2, -0.15) is 0 Å². The van der Waals surface area contributed by atoms with E-state index in [2.05, 4.69) is 38.0 Å². The van der Waals surface area contributed by atoms with Crippen LogP contribution in [0.1, 0.15) is 40.0 Å². The molecular weight excluding hydrogens is 212 g/mol. The van der Waals surface area contributed by atoms with Gasteiger partial charge in [0.2, 0.25) is 0 Å². The van der Waals surface area contributed by atoms with E-state index in [1.807, 2.05) is 0 Å². The van der Waals surface area contributed by atoms with Gasteiger partial charge in [0.25, 0.3) is 0 Å². The van der Waals surface area contributed by atoms with E-state index in [1.54, 1.807) is 0 Å². The molecule has 0 amide bonds. The monoisotopic (exact) mass is 242 g/mol. The second-order valence-electron chi connectivity index (χ2n) is 5.53. The lowest BCUT2D eigenvalue weighted by molar-refractivity contribution is 0.0148. The maximum Gasteiger partial charge on any atom is 0.0722 e. The summed E-state index contributed by atoms with van der Waals surface area (Å²) in [5, 5.41) is 3.38. The van der Waals surface area contributed by atoms with E-state index in [0.717, 1.165) is 25.7 Å². The normalized spacial score (nSPS) is 23.5. The fourth-order valence-electron chi connectivity index (χ4n) is 2.47. The van der Waals surface area contributed by atoms with E-state index in [0.29, 0.717) is 12.0 Å². The summed E-state index contributed by atoms with van der Waals surface area (Å²) < 4.78 is 6.03. The number of rotatable bonds is 8. The molecule has 102 valence electrons. The topological polar surface area (TPSA) is 24.5 Å². The highest BCUT2D eigenvalue weighted by molar-refractivity contribution is 4.76. The molecule has 0 radical (unpaired) electrons. The average molecular weight is 242 g/mol. The van der Waals surface area contributed by atoms with Crippen molar-refractivity contribution in [3.63, 3.8) is 0 Å².